The number of hydrogen-bond acceptors (Lipinski definition) is 4. The number of aliphatic hydroxyl groups excluding tert-OH is 1. The fourth-order valence-electron chi connectivity index (χ4n) is 5.92. The van der Waals surface area contributed by atoms with Crippen LogP contribution in [0.25, 0.3) is 10.2 Å². The van der Waals surface area contributed by atoms with Crippen molar-refractivity contribution in [3.05, 3.63) is 52.5 Å². The molecule has 6 nitrogen and oxygen atoms in total. The number of amides is 2. The largest absolute Gasteiger partial charge is 0.391 e. The Morgan fingerprint density at radius 3 is 2.72 bits per heavy atom. The van der Waals surface area contributed by atoms with E-state index in [0.29, 0.717) is 12.1 Å². The highest BCUT2D eigenvalue weighted by Crippen LogP contribution is 2.51. The van der Waals surface area contributed by atoms with E-state index in [2.05, 4.69) is 10.3 Å². The second-order valence-corrected chi connectivity index (χ2v) is 10.6. The molecule has 2 amide bonds. The monoisotopic (exact) mass is 449 g/mol. The van der Waals surface area contributed by atoms with Gasteiger partial charge in [0.15, 0.2) is 0 Å². The molecular formula is C25H27N3O3S. The Hall–Kier alpha value is -2.64. The Kier molecular flexibility index (Phi) is 4.66. The molecule has 3 heterocycles. The fourth-order valence-corrected chi connectivity index (χ4v) is 6.89. The van der Waals surface area contributed by atoms with Gasteiger partial charge in [0.25, 0.3) is 11.8 Å². The van der Waals surface area contributed by atoms with E-state index in [4.69, 9.17) is 0 Å². The molecule has 3 aromatic rings. The van der Waals surface area contributed by atoms with E-state index in [1.54, 1.807) is 0 Å². The number of carbonyl (C=O) groups excluding carboxylic acids is 2. The van der Waals surface area contributed by atoms with E-state index in [0.717, 1.165) is 71.3 Å². The average molecular weight is 450 g/mol. The van der Waals surface area contributed by atoms with Gasteiger partial charge in [-0.25, -0.2) is 0 Å². The Morgan fingerprint density at radius 1 is 1.12 bits per heavy atom. The molecule has 0 bridgehead atoms. The summed E-state index contributed by atoms with van der Waals surface area (Å²) < 4.78 is 1.09. The normalized spacial score (nSPS) is 23.8. The number of aromatic nitrogens is 1. The molecule has 166 valence electrons. The van der Waals surface area contributed by atoms with Crippen molar-refractivity contribution in [2.75, 3.05) is 11.4 Å². The van der Waals surface area contributed by atoms with Crippen LogP contribution >= 0.6 is 11.3 Å². The second-order valence-electron chi connectivity index (χ2n) is 9.56. The van der Waals surface area contributed by atoms with Gasteiger partial charge in [0, 0.05) is 29.4 Å². The Morgan fingerprint density at radius 2 is 1.97 bits per heavy atom. The minimum atomic E-state index is -0.459. The first kappa shape index (κ1) is 20.0. The molecule has 0 unspecified atom stereocenters. The Balaban J connectivity index is 1.33. The summed E-state index contributed by atoms with van der Waals surface area (Å²) in [5.74, 6) is -0.0971. The summed E-state index contributed by atoms with van der Waals surface area (Å²) in [6.07, 6.45) is 8.32. The number of anilines is 1. The molecule has 7 heteroatoms. The Labute approximate surface area is 190 Å². The van der Waals surface area contributed by atoms with Gasteiger partial charge in [0.1, 0.15) is 0 Å². The molecule has 0 saturated heterocycles. The summed E-state index contributed by atoms with van der Waals surface area (Å²) in [4.78, 5) is 32.3. The topological polar surface area (TPSA) is 85.4 Å². The van der Waals surface area contributed by atoms with Gasteiger partial charge in [-0.2, -0.15) is 0 Å². The lowest BCUT2D eigenvalue weighted by atomic mass is 9.80. The van der Waals surface area contributed by atoms with Gasteiger partial charge >= 0.3 is 0 Å². The zero-order valence-electron chi connectivity index (χ0n) is 17.9. The molecule has 2 saturated carbocycles. The average Bonchev–Trinajstić information content (AvgIpc) is 3.59. The first-order valence-corrected chi connectivity index (χ1v) is 12.4. The van der Waals surface area contributed by atoms with Crippen LogP contribution in [0.1, 0.15) is 70.5 Å². The van der Waals surface area contributed by atoms with Crippen LogP contribution in [0.2, 0.25) is 0 Å². The molecule has 0 radical (unpaired) electrons. The van der Waals surface area contributed by atoms with Crippen LogP contribution in [0, 0.1) is 0 Å². The first-order valence-electron chi connectivity index (χ1n) is 11.6. The highest BCUT2D eigenvalue weighted by Gasteiger charge is 2.47. The van der Waals surface area contributed by atoms with Crippen molar-refractivity contribution in [3.63, 3.8) is 0 Å². The van der Waals surface area contributed by atoms with Crippen LogP contribution < -0.4 is 10.2 Å². The van der Waals surface area contributed by atoms with Crippen molar-refractivity contribution in [3.8, 4) is 0 Å². The third-order valence-corrected chi connectivity index (χ3v) is 8.72. The molecule has 3 N–H and O–H groups in total. The molecule has 2 aromatic heterocycles. The zero-order valence-corrected chi connectivity index (χ0v) is 18.7. The number of aromatic amines is 1. The van der Waals surface area contributed by atoms with Crippen LogP contribution in [-0.4, -0.2) is 40.6 Å². The molecule has 1 aliphatic heterocycles. The maximum Gasteiger partial charge on any atom is 0.268 e. The lowest BCUT2D eigenvalue weighted by Crippen LogP contribution is -2.39. The maximum absolute atomic E-state index is 13.5. The van der Waals surface area contributed by atoms with E-state index < -0.39 is 6.10 Å². The molecule has 2 aliphatic carbocycles. The third-order valence-electron chi connectivity index (χ3n) is 7.63. The number of carbonyl (C=O) groups is 2. The summed E-state index contributed by atoms with van der Waals surface area (Å²) in [5, 5.41) is 13.1. The second kappa shape index (κ2) is 7.46. The Bertz CT molecular complexity index is 1180. The molecule has 2 atom stereocenters. The van der Waals surface area contributed by atoms with Gasteiger partial charge in [-0.15, -0.1) is 11.3 Å². The smallest absolute Gasteiger partial charge is 0.268 e. The standard InChI is InChI=1S/C25H27N3O3S/c29-20-5-3-4-17(20)27-23(30)15-6-7-19-16(12-15)25(9-1-2-10-25)14-28(19)24(31)22-13-18-21(32-22)8-11-26-18/h6-8,11-13,17,20,26,29H,1-5,9-10,14H2,(H,27,30)/t17-,20-/m1/s1. The number of nitrogens with zero attached hydrogens (tertiary/aromatic N) is 1. The molecule has 1 aromatic carbocycles. The van der Waals surface area contributed by atoms with Gasteiger partial charge in [-0.1, -0.05) is 12.8 Å². The lowest BCUT2D eigenvalue weighted by molar-refractivity contribution is 0.0873. The van der Waals surface area contributed by atoms with Crippen molar-refractivity contribution < 1.29 is 14.7 Å². The highest BCUT2D eigenvalue weighted by molar-refractivity contribution is 7.20. The predicted molar refractivity (Wildman–Crippen MR) is 126 cm³/mol. The third kappa shape index (κ3) is 3.10. The highest BCUT2D eigenvalue weighted by atomic mass is 32.1. The lowest BCUT2D eigenvalue weighted by Gasteiger charge is -2.24. The number of rotatable bonds is 3. The van der Waals surface area contributed by atoms with E-state index in [1.807, 2.05) is 41.4 Å². The predicted octanol–water partition coefficient (Wildman–Crippen LogP) is 4.34. The SMILES string of the molecule is O=C(N[C@@H]1CCC[C@H]1O)c1ccc2c(c1)C1(CCCC1)CN2C(=O)c1cc2[nH]ccc2s1. The number of H-pyrrole nitrogens is 1. The van der Waals surface area contributed by atoms with Crippen LogP contribution in [0.4, 0.5) is 5.69 Å². The van der Waals surface area contributed by atoms with Crippen LogP contribution in [0.15, 0.2) is 36.5 Å². The molecule has 32 heavy (non-hydrogen) atoms. The number of nitrogens with one attached hydrogen (secondary N) is 2. The number of aliphatic hydroxyl groups is 1. The minimum absolute atomic E-state index is 0.0379. The summed E-state index contributed by atoms with van der Waals surface area (Å²) in [6, 6.07) is 9.54. The number of benzene rings is 1. The van der Waals surface area contributed by atoms with Crippen molar-refractivity contribution in [1.29, 1.82) is 0 Å². The van der Waals surface area contributed by atoms with E-state index in [-0.39, 0.29) is 23.3 Å². The summed E-state index contributed by atoms with van der Waals surface area (Å²) >= 11 is 1.52. The number of fused-ring (bicyclic) bond motifs is 3. The molecular weight excluding hydrogens is 422 g/mol. The van der Waals surface area contributed by atoms with Gasteiger partial charge < -0.3 is 20.3 Å². The van der Waals surface area contributed by atoms with E-state index in [9.17, 15) is 14.7 Å². The van der Waals surface area contributed by atoms with Crippen molar-refractivity contribution in [1.82, 2.24) is 10.3 Å². The molecule has 3 aliphatic rings. The quantitative estimate of drug-likeness (QED) is 0.556. The molecule has 1 spiro atoms. The van der Waals surface area contributed by atoms with Gasteiger partial charge in [-0.3, -0.25) is 9.59 Å². The van der Waals surface area contributed by atoms with Gasteiger partial charge in [0.05, 0.1) is 27.2 Å². The summed E-state index contributed by atoms with van der Waals surface area (Å²) in [6.45, 7) is 0.680. The fraction of sp³-hybridized carbons (Fsp3) is 0.440. The summed E-state index contributed by atoms with van der Waals surface area (Å²) in [7, 11) is 0. The van der Waals surface area contributed by atoms with Gasteiger partial charge in [0.2, 0.25) is 0 Å². The van der Waals surface area contributed by atoms with Gasteiger partial charge in [-0.05, 0) is 68.0 Å². The van der Waals surface area contributed by atoms with Crippen molar-refractivity contribution >= 4 is 39.1 Å². The first-order chi connectivity index (χ1) is 15.5. The van der Waals surface area contributed by atoms with Crippen LogP contribution in [0.3, 0.4) is 0 Å². The minimum Gasteiger partial charge on any atom is -0.391 e. The number of thiophene rings is 1. The van der Waals surface area contributed by atoms with E-state index in [1.165, 1.54) is 11.3 Å². The maximum atomic E-state index is 13.5. The molecule has 2 fully saturated rings. The number of hydrogen-bond donors (Lipinski definition) is 3. The zero-order chi connectivity index (χ0) is 21.9. The van der Waals surface area contributed by atoms with Crippen molar-refractivity contribution in [2.24, 2.45) is 0 Å². The summed E-state index contributed by atoms with van der Waals surface area (Å²) in [5.41, 5.74) is 3.62. The molecule has 6 rings (SSSR count). The van der Waals surface area contributed by atoms with Crippen LogP contribution in [-0.2, 0) is 5.41 Å². The van der Waals surface area contributed by atoms with Crippen LogP contribution in [0.5, 0.6) is 0 Å². The van der Waals surface area contributed by atoms with E-state index >= 15 is 0 Å². The van der Waals surface area contributed by atoms with Crippen molar-refractivity contribution in [2.45, 2.75) is 62.5 Å².